The monoisotopic (exact) mass is 358 g/mol. The Morgan fingerprint density at radius 1 is 1.16 bits per heavy atom. The summed E-state index contributed by atoms with van der Waals surface area (Å²) in [5.41, 5.74) is 1.35. The first-order valence-corrected chi connectivity index (χ1v) is 9.34. The molecule has 2 aromatic rings. The third-order valence-corrected chi connectivity index (χ3v) is 5.04. The number of piperazine rings is 1. The van der Waals surface area contributed by atoms with Crippen LogP contribution in [0.1, 0.15) is 23.0 Å². The average Bonchev–Trinajstić information content (AvgIpc) is 3.10. The molecule has 25 heavy (non-hydrogen) atoms. The normalized spacial score (nSPS) is 15.2. The summed E-state index contributed by atoms with van der Waals surface area (Å²) in [6.45, 7) is 6.37. The maximum Gasteiger partial charge on any atom is 0.273 e. The SMILES string of the molecule is CCN1CCN(C(=O)c2csc(NC(=O)Cc3ccccc3)n2)CC1. The van der Waals surface area contributed by atoms with Crippen molar-refractivity contribution in [3.05, 3.63) is 47.0 Å². The van der Waals surface area contributed by atoms with Crippen molar-refractivity contribution in [3.8, 4) is 0 Å². The molecule has 0 saturated carbocycles. The number of hydrogen-bond donors (Lipinski definition) is 1. The standard InChI is InChI=1S/C18H22N4O2S/c1-2-21-8-10-22(11-9-21)17(24)15-13-25-18(19-15)20-16(23)12-14-6-4-3-5-7-14/h3-7,13H,2,8-12H2,1H3,(H,19,20,23). The maximum atomic E-state index is 12.5. The number of nitrogens with zero attached hydrogens (tertiary/aromatic N) is 3. The van der Waals surface area contributed by atoms with Crippen LogP contribution in [0.4, 0.5) is 5.13 Å². The lowest BCUT2D eigenvalue weighted by atomic mass is 10.1. The highest BCUT2D eigenvalue weighted by atomic mass is 32.1. The molecule has 1 aromatic heterocycles. The number of carbonyl (C=O) groups is 2. The molecule has 1 aliphatic rings. The van der Waals surface area contributed by atoms with Gasteiger partial charge in [-0.05, 0) is 12.1 Å². The molecule has 0 spiro atoms. The summed E-state index contributed by atoms with van der Waals surface area (Å²) in [7, 11) is 0. The van der Waals surface area contributed by atoms with E-state index in [-0.39, 0.29) is 11.8 Å². The number of amides is 2. The second-order valence-electron chi connectivity index (χ2n) is 5.97. The molecule has 7 heteroatoms. The minimum atomic E-state index is -0.129. The summed E-state index contributed by atoms with van der Waals surface area (Å²) in [4.78, 5) is 33.0. The predicted octanol–water partition coefficient (Wildman–Crippen LogP) is 2.10. The van der Waals surface area contributed by atoms with Crippen LogP contribution in [0.2, 0.25) is 0 Å². The quantitative estimate of drug-likeness (QED) is 0.889. The Labute approximate surface area is 151 Å². The predicted molar refractivity (Wildman–Crippen MR) is 98.9 cm³/mol. The Hall–Kier alpha value is -2.25. The van der Waals surface area contributed by atoms with E-state index >= 15 is 0 Å². The largest absolute Gasteiger partial charge is 0.335 e. The van der Waals surface area contributed by atoms with Crippen LogP contribution in [0.25, 0.3) is 0 Å². The minimum absolute atomic E-state index is 0.0597. The molecule has 1 aromatic carbocycles. The highest BCUT2D eigenvalue weighted by molar-refractivity contribution is 7.14. The minimum Gasteiger partial charge on any atom is -0.335 e. The molecule has 1 N–H and O–H groups in total. The molecule has 1 saturated heterocycles. The zero-order valence-electron chi connectivity index (χ0n) is 14.3. The van der Waals surface area contributed by atoms with E-state index < -0.39 is 0 Å². The second kappa shape index (κ2) is 8.22. The van der Waals surface area contributed by atoms with Gasteiger partial charge in [-0.3, -0.25) is 9.59 Å². The van der Waals surface area contributed by atoms with Gasteiger partial charge in [0.1, 0.15) is 5.69 Å². The summed E-state index contributed by atoms with van der Waals surface area (Å²) in [5, 5.41) is 4.96. The Morgan fingerprint density at radius 3 is 2.56 bits per heavy atom. The summed E-state index contributed by atoms with van der Waals surface area (Å²) < 4.78 is 0. The van der Waals surface area contributed by atoms with Gasteiger partial charge in [-0.25, -0.2) is 4.98 Å². The van der Waals surface area contributed by atoms with Crippen LogP contribution in [0.15, 0.2) is 35.7 Å². The van der Waals surface area contributed by atoms with Crippen LogP contribution in [0, 0.1) is 0 Å². The number of likely N-dealkylation sites (N-methyl/N-ethyl adjacent to an activating group) is 1. The third-order valence-electron chi connectivity index (χ3n) is 4.28. The molecule has 3 rings (SSSR count). The molecule has 132 valence electrons. The summed E-state index contributed by atoms with van der Waals surface area (Å²) in [6.07, 6.45) is 0.294. The highest BCUT2D eigenvalue weighted by Crippen LogP contribution is 2.18. The number of anilines is 1. The number of carbonyl (C=O) groups excluding carboxylic acids is 2. The molecule has 1 aliphatic heterocycles. The van der Waals surface area contributed by atoms with Gasteiger partial charge in [-0.2, -0.15) is 0 Å². The smallest absolute Gasteiger partial charge is 0.273 e. The Morgan fingerprint density at radius 2 is 1.88 bits per heavy atom. The van der Waals surface area contributed by atoms with Crippen LogP contribution in [-0.4, -0.2) is 59.3 Å². The van der Waals surface area contributed by atoms with Gasteiger partial charge in [0.15, 0.2) is 5.13 Å². The van der Waals surface area contributed by atoms with E-state index in [1.165, 1.54) is 11.3 Å². The molecule has 0 radical (unpaired) electrons. The van der Waals surface area contributed by atoms with Crippen LogP contribution in [-0.2, 0) is 11.2 Å². The van der Waals surface area contributed by atoms with Crippen LogP contribution < -0.4 is 5.32 Å². The van der Waals surface area contributed by atoms with Crippen molar-refractivity contribution < 1.29 is 9.59 Å². The lowest BCUT2D eigenvalue weighted by Gasteiger charge is -2.33. The van der Waals surface area contributed by atoms with E-state index in [2.05, 4.69) is 22.1 Å². The fraction of sp³-hybridized carbons (Fsp3) is 0.389. The lowest BCUT2D eigenvalue weighted by Crippen LogP contribution is -2.48. The Bertz CT molecular complexity index is 724. The molecule has 0 aliphatic carbocycles. The number of benzene rings is 1. The molecule has 2 heterocycles. The number of thiazole rings is 1. The molecule has 1 fully saturated rings. The van der Waals surface area contributed by atoms with Gasteiger partial charge in [0.05, 0.1) is 6.42 Å². The fourth-order valence-electron chi connectivity index (χ4n) is 2.80. The summed E-state index contributed by atoms with van der Waals surface area (Å²) in [5.74, 6) is -0.188. The van der Waals surface area contributed by atoms with Gasteiger partial charge in [0, 0.05) is 31.6 Å². The zero-order valence-corrected chi connectivity index (χ0v) is 15.1. The van der Waals surface area contributed by atoms with Gasteiger partial charge >= 0.3 is 0 Å². The summed E-state index contributed by atoms with van der Waals surface area (Å²) in [6, 6.07) is 9.54. The number of hydrogen-bond acceptors (Lipinski definition) is 5. The first-order chi connectivity index (χ1) is 12.2. The molecular weight excluding hydrogens is 336 g/mol. The molecule has 6 nitrogen and oxygen atoms in total. The lowest BCUT2D eigenvalue weighted by molar-refractivity contribution is -0.115. The number of rotatable bonds is 5. The molecule has 0 bridgehead atoms. The van der Waals surface area contributed by atoms with E-state index in [4.69, 9.17) is 0 Å². The van der Waals surface area contributed by atoms with Gasteiger partial charge in [0.25, 0.3) is 5.91 Å². The van der Waals surface area contributed by atoms with Crippen molar-refractivity contribution >= 4 is 28.3 Å². The number of aromatic nitrogens is 1. The molecule has 2 amide bonds. The zero-order chi connectivity index (χ0) is 17.6. The average molecular weight is 358 g/mol. The van der Waals surface area contributed by atoms with E-state index in [0.29, 0.717) is 17.2 Å². The van der Waals surface area contributed by atoms with Crippen molar-refractivity contribution in [3.63, 3.8) is 0 Å². The van der Waals surface area contributed by atoms with E-state index in [0.717, 1.165) is 38.3 Å². The van der Waals surface area contributed by atoms with Crippen molar-refractivity contribution in [2.45, 2.75) is 13.3 Å². The number of nitrogens with one attached hydrogen (secondary N) is 1. The van der Waals surface area contributed by atoms with Crippen molar-refractivity contribution in [1.82, 2.24) is 14.8 Å². The van der Waals surface area contributed by atoms with E-state index in [1.807, 2.05) is 35.2 Å². The van der Waals surface area contributed by atoms with Crippen LogP contribution in [0.5, 0.6) is 0 Å². The third kappa shape index (κ3) is 4.64. The van der Waals surface area contributed by atoms with Gasteiger partial charge < -0.3 is 15.1 Å². The topological polar surface area (TPSA) is 65.5 Å². The Kier molecular flexibility index (Phi) is 5.78. The van der Waals surface area contributed by atoms with Crippen molar-refractivity contribution in [1.29, 1.82) is 0 Å². The van der Waals surface area contributed by atoms with Crippen LogP contribution >= 0.6 is 11.3 Å². The first kappa shape index (κ1) is 17.6. The fourth-order valence-corrected chi connectivity index (χ4v) is 3.50. The molecule has 0 atom stereocenters. The van der Waals surface area contributed by atoms with Gasteiger partial charge in [-0.1, -0.05) is 37.3 Å². The maximum absolute atomic E-state index is 12.5. The first-order valence-electron chi connectivity index (χ1n) is 8.46. The summed E-state index contributed by atoms with van der Waals surface area (Å²) >= 11 is 1.28. The van der Waals surface area contributed by atoms with Crippen molar-refractivity contribution in [2.75, 3.05) is 38.0 Å². The van der Waals surface area contributed by atoms with Gasteiger partial charge in [0.2, 0.25) is 5.91 Å². The highest BCUT2D eigenvalue weighted by Gasteiger charge is 2.23. The van der Waals surface area contributed by atoms with E-state index in [1.54, 1.807) is 5.38 Å². The second-order valence-corrected chi connectivity index (χ2v) is 6.83. The van der Waals surface area contributed by atoms with E-state index in [9.17, 15) is 9.59 Å². The molecular formula is C18H22N4O2S. The Balaban J connectivity index is 1.55. The van der Waals surface area contributed by atoms with Crippen molar-refractivity contribution in [2.24, 2.45) is 0 Å². The van der Waals surface area contributed by atoms with Gasteiger partial charge in [-0.15, -0.1) is 11.3 Å². The molecule has 0 unspecified atom stereocenters. The van der Waals surface area contributed by atoms with Crippen LogP contribution in [0.3, 0.4) is 0 Å².